The van der Waals surface area contributed by atoms with E-state index in [0.717, 1.165) is 161 Å². The fourth-order valence-corrected chi connectivity index (χ4v) is 8.05. The first kappa shape index (κ1) is 50.3. The molecule has 6 radical (unpaired) electrons. The van der Waals surface area contributed by atoms with Crippen molar-refractivity contribution < 1.29 is 85.3 Å². The summed E-state index contributed by atoms with van der Waals surface area (Å²) in [5, 5.41) is 0. The maximum absolute atomic E-state index is 5.17. The van der Waals surface area contributed by atoms with E-state index in [2.05, 4.69) is 27.6 Å². The molecule has 0 amide bonds. The van der Waals surface area contributed by atoms with E-state index in [9.17, 15) is 0 Å². The summed E-state index contributed by atoms with van der Waals surface area (Å²) in [7, 11) is 0. The Labute approximate surface area is 398 Å². The van der Waals surface area contributed by atoms with Crippen molar-refractivity contribution in [2.45, 2.75) is 145 Å². The number of hydrogen-bond acceptors (Lipinski definition) is 9. The zero-order chi connectivity index (χ0) is 34.0. The molecule has 11 nitrogen and oxygen atoms in total. The van der Waals surface area contributed by atoms with Gasteiger partial charge in [-0.1, -0.05) is 42.0 Å². The van der Waals surface area contributed by atoms with Gasteiger partial charge in [-0.3, -0.25) is 0 Å². The van der Waals surface area contributed by atoms with Gasteiger partial charge in [0.1, 0.15) is 0 Å². The molecule has 10 rings (SSSR count). The maximum Gasteiger partial charge on any atom is 2.00 e. The smallest absolute Gasteiger partial charge is 0.505 e. The van der Waals surface area contributed by atoms with Crippen molar-refractivity contribution in [2.75, 3.05) is 0 Å². The fraction of sp³-hybridized carbons (Fsp3) is 0.537. The van der Waals surface area contributed by atoms with E-state index in [1.54, 1.807) is 0 Å². The average molecular weight is 955 g/mol. The van der Waals surface area contributed by atoms with Crippen LogP contribution in [0.5, 0.6) is 0 Å². The molecule has 4 aromatic rings. The Hall–Kier alpha value is -1.88. The second-order valence-electron chi connectivity index (χ2n) is 13.4. The summed E-state index contributed by atoms with van der Waals surface area (Å²) >= 11 is 0. The molecule has 0 saturated carbocycles. The van der Waals surface area contributed by atoms with E-state index >= 15 is 0 Å². The summed E-state index contributed by atoms with van der Waals surface area (Å²) in [6.07, 6.45) is 22.9. The molecule has 0 spiro atoms. The summed E-state index contributed by atoms with van der Waals surface area (Å²) in [5.74, 6) is 3.94. The largest absolute Gasteiger partial charge is 2.00 e. The second-order valence-corrected chi connectivity index (χ2v) is 13.4. The molecular formula is C41H55BCuN11Y2-2. The Morgan fingerprint density at radius 2 is 0.768 bits per heavy atom. The van der Waals surface area contributed by atoms with Crippen LogP contribution in [-0.2, 0) is 115 Å². The Morgan fingerprint density at radius 1 is 0.500 bits per heavy atom. The molecule has 0 saturated heterocycles. The number of allylic oxidation sites excluding steroid dienone is 4. The first-order chi connectivity index (χ1) is 24.7. The third kappa shape index (κ3) is 10.1. The summed E-state index contributed by atoms with van der Waals surface area (Å²) in [6, 6.07) is 0. The number of hydrogen-bond donors (Lipinski definition) is 0. The van der Waals surface area contributed by atoms with E-state index in [1.807, 2.05) is 20.8 Å². The molecule has 2 aliphatic heterocycles. The minimum atomic E-state index is 0. The molecule has 6 heterocycles. The van der Waals surface area contributed by atoms with Crippen LogP contribution in [0.1, 0.15) is 167 Å². The first-order valence-electron chi connectivity index (χ1n) is 18.8. The van der Waals surface area contributed by atoms with E-state index in [0.29, 0.717) is 0 Å². The molecule has 0 atom stereocenters. The molecule has 4 aromatic heterocycles. The number of fused-ring (bicyclic) bond motifs is 18. The number of rotatable bonds is 1. The van der Waals surface area contributed by atoms with Gasteiger partial charge in [0.15, 0.2) is 0 Å². The molecule has 0 unspecified atom stereocenters. The molecular weight excluding hydrogens is 899 g/mol. The van der Waals surface area contributed by atoms with E-state index in [1.165, 1.54) is 44.5 Å². The molecule has 56 heavy (non-hydrogen) atoms. The third-order valence-corrected chi connectivity index (χ3v) is 10.5. The third-order valence-electron chi connectivity index (χ3n) is 10.5. The van der Waals surface area contributed by atoms with Crippen LogP contribution < -0.4 is 9.97 Å². The number of nitrogens with zero attached hydrogens (tertiary/aromatic N) is 11. The summed E-state index contributed by atoms with van der Waals surface area (Å²) in [5.41, 5.74) is 13.2. The van der Waals surface area contributed by atoms with Crippen molar-refractivity contribution in [2.24, 2.45) is 0 Å². The van der Waals surface area contributed by atoms with E-state index in [4.69, 9.17) is 39.9 Å². The summed E-state index contributed by atoms with van der Waals surface area (Å²) in [4.78, 5) is 51.8. The Balaban J connectivity index is 0.00000162. The van der Waals surface area contributed by atoms with Crippen LogP contribution in [0.4, 0.5) is 0 Å². The zero-order valence-electron chi connectivity index (χ0n) is 31.5. The number of aryl methyl sites for hydroxylation is 5. The minimum absolute atomic E-state index is 0. The summed E-state index contributed by atoms with van der Waals surface area (Å²) in [6.45, 7) is 5.97. The SMILES string of the molecule is C.C.C1CCC2=C(C1)c1nc2nc2[n-]c(nc3nc(nc4[n-]c(n1)c1c4CCCC1)C1=C3CCCC1)c1c2CCCC1.CC.CCc1n[c-]n[c-]n1.[2HH].[B].[Cu+2].[HH].[Y].[Y]. The van der Waals surface area contributed by atoms with Crippen molar-refractivity contribution in [3.8, 4) is 0 Å². The average Bonchev–Trinajstić information content (AvgIpc) is 3.92. The Bertz CT molecular complexity index is 1920. The number of aromatic nitrogens is 11. The van der Waals surface area contributed by atoms with E-state index < -0.39 is 0 Å². The van der Waals surface area contributed by atoms with Crippen molar-refractivity contribution >= 4 is 53.3 Å². The van der Waals surface area contributed by atoms with Gasteiger partial charge in [-0.05, 0) is 147 Å². The maximum atomic E-state index is 5.17. The first-order valence-corrected chi connectivity index (χ1v) is 18.8. The van der Waals surface area contributed by atoms with Gasteiger partial charge in [-0.15, -0.1) is 5.82 Å². The van der Waals surface area contributed by atoms with Gasteiger partial charge in [0.05, 0.1) is 23.3 Å². The van der Waals surface area contributed by atoms with Gasteiger partial charge >= 0.3 is 17.1 Å². The quantitative estimate of drug-likeness (QED) is 0.134. The predicted octanol–water partition coefficient (Wildman–Crippen LogP) is 8.32. The Kier molecular flexibility index (Phi) is 20.7. The van der Waals surface area contributed by atoms with Crippen molar-refractivity contribution in [1.82, 2.24) is 54.8 Å². The van der Waals surface area contributed by atoms with Gasteiger partial charge in [0, 0.05) is 99.3 Å². The van der Waals surface area contributed by atoms with Gasteiger partial charge < -0.3 is 44.9 Å². The fourth-order valence-electron chi connectivity index (χ4n) is 8.05. The van der Waals surface area contributed by atoms with Crippen molar-refractivity contribution in [3.63, 3.8) is 0 Å². The van der Waals surface area contributed by atoms with Gasteiger partial charge in [-0.2, -0.15) is 12.7 Å². The predicted molar refractivity (Wildman–Crippen MR) is 216 cm³/mol. The molecule has 15 heteroatoms. The topological polar surface area (TPSA) is 144 Å². The molecule has 4 aliphatic carbocycles. The normalized spacial score (nSPS) is 15.8. The van der Waals surface area contributed by atoms with Crippen molar-refractivity contribution in [1.29, 1.82) is 0 Å². The second kappa shape index (κ2) is 23.1. The molecule has 0 fully saturated rings. The van der Waals surface area contributed by atoms with Crippen LogP contribution in [0.25, 0.3) is 44.9 Å². The standard InChI is InChI=1S/C32H32N8.C5H5N3.C2H6.2CH4.B.Cu.2Y.2H2/c1-2-10-18-17(9-1)25-33-26(18)38-28-21-13-5-6-14-22(21)30(35-28)40-32-24-16-8-7-15-23(24)31(36-32)39-29-20-12-4-3-11-19(20)27(34-29)37-25;1-2-5-7-3-6-4-8-5;1-2;;;;;;;;/h1-16H2;2H2,1H3;1-2H3;2*1H4;;;;;2*1H/q2*-2;;;;;+2;;;;/i;;;;;;;;;1+1;. The molecule has 8 bridgehead atoms. The van der Waals surface area contributed by atoms with Crippen LogP contribution in [-0.4, -0.2) is 53.3 Å². The van der Waals surface area contributed by atoms with Crippen LogP contribution in [0.3, 0.4) is 0 Å². The monoisotopic (exact) mass is 954 g/mol. The van der Waals surface area contributed by atoms with Gasteiger partial charge in [0.2, 0.25) is 0 Å². The van der Waals surface area contributed by atoms with Crippen LogP contribution >= 0.6 is 0 Å². The summed E-state index contributed by atoms with van der Waals surface area (Å²) < 4.78 is 0. The van der Waals surface area contributed by atoms with Crippen LogP contribution in [0, 0.1) is 12.7 Å². The van der Waals surface area contributed by atoms with E-state index in [-0.39, 0.29) is 109 Å². The Morgan fingerprint density at radius 3 is 1.02 bits per heavy atom. The van der Waals surface area contributed by atoms with Gasteiger partial charge in [-0.25, -0.2) is 9.97 Å². The van der Waals surface area contributed by atoms with Crippen LogP contribution in [0.2, 0.25) is 0 Å². The molecule has 0 aromatic carbocycles. The van der Waals surface area contributed by atoms with Crippen molar-refractivity contribution in [3.05, 3.63) is 64.0 Å². The van der Waals surface area contributed by atoms with Crippen LogP contribution in [0.15, 0.2) is 0 Å². The molecule has 296 valence electrons. The zero-order valence-corrected chi connectivity index (χ0v) is 38.1. The molecule has 6 aliphatic rings. The minimum Gasteiger partial charge on any atom is -0.505 e. The molecule has 0 N–H and O–H groups in total. The van der Waals surface area contributed by atoms with Gasteiger partial charge in [0.25, 0.3) is 0 Å².